The van der Waals surface area contributed by atoms with Gasteiger partial charge in [-0.2, -0.15) is 0 Å². The number of benzene rings is 1. The van der Waals surface area contributed by atoms with Crippen LogP contribution in [0.3, 0.4) is 0 Å². The van der Waals surface area contributed by atoms with Gasteiger partial charge in [0.1, 0.15) is 0 Å². The number of nitrogens with one attached hydrogen (secondary N) is 2. The van der Waals surface area contributed by atoms with Crippen LogP contribution in [0.2, 0.25) is 5.02 Å². The van der Waals surface area contributed by atoms with Gasteiger partial charge in [-0.05, 0) is 26.3 Å². The van der Waals surface area contributed by atoms with Crippen LogP contribution in [-0.2, 0) is 4.79 Å². The third kappa shape index (κ3) is 3.60. The molecule has 6 nitrogen and oxygen atoms in total. The first-order chi connectivity index (χ1) is 9.19. The second-order valence-corrected chi connectivity index (χ2v) is 5.60. The van der Waals surface area contributed by atoms with E-state index in [0.717, 1.165) is 0 Å². The third-order valence-corrected chi connectivity index (χ3v) is 3.33. The lowest BCUT2D eigenvalue weighted by Gasteiger charge is -2.24. The van der Waals surface area contributed by atoms with Gasteiger partial charge in [0.25, 0.3) is 5.69 Å². The number of nitro groups is 1. The van der Waals surface area contributed by atoms with E-state index in [1.165, 1.54) is 12.1 Å². The topological polar surface area (TPSA) is 84.3 Å². The van der Waals surface area contributed by atoms with E-state index in [0.29, 0.717) is 17.8 Å². The van der Waals surface area contributed by atoms with Crippen molar-refractivity contribution in [2.45, 2.75) is 20.8 Å². The van der Waals surface area contributed by atoms with Gasteiger partial charge in [-0.15, -0.1) is 0 Å². The first-order valence-corrected chi connectivity index (χ1v) is 6.47. The first kappa shape index (κ1) is 16.2. The van der Waals surface area contributed by atoms with E-state index in [1.54, 1.807) is 27.8 Å². The summed E-state index contributed by atoms with van der Waals surface area (Å²) in [4.78, 5) is 21.9. The maximum absolute atomic E-state index is 11.7. The summed E-state index contributed by atoms with van der Waals surface area (Å²) in [6.07, 6.45) is 0. The second kappa shape index (κ2) is 6.09. The number of nitrogens with zero attached hydrogens (tertiary/aromatic N) is 1. The van der Waals surface area contributed by atoms with Crippen molar-refractivity contribution in [2.24, 2.45) is 5.41 Å². The van der Waals surface area contributed by atoms with Crippen LogP contribution in [0.1, 0.15) is 19.4 Å². The number of nitro benzene ring substituents is 1. The minimum atomic E-state index is -0.619. The number of rotatable bonds is 5. The smallest absolute Gasteiger partial charge is 0.271 e. The lowest BCUT2D eigenvalue weighted by atomic mass is 9.92. The second-order valence-electron chi connectivity index (χ2n) is 5.19. The van der Waals surface area contributed by atoms with Crippen LogP contribution in [0.25, 0.3) is 0 Å². The summed E-state index contributed by atoms with van der Waals surface area (Å²) in [5, 5.41) is 16.7. The average molecular weight is 300 g/mol. The molecule has 0 aliphatic heterocycles. The number of non-ortho nitro benzene ring substituents is 1. The van der Waals surface area contributed by atoms with Crippen LogP contribution < -0.4 is 10.6 Å². The molecular weight excluding hydrogens is 282 g/mol. The molecule has 0 saturated heterocycles. The Morgan fingerprint density at radius 1 is 1.45 bits per heavy atom. The van der Waals surface area contributed by atoms with Gasteiger partial charge in [-0.1, -0.05) is 11.6 Å². The maximum atomic E-state index is 11.7. The van der Waals surface area contributed by atoms with Crippen LogP contribution in [0, 0.1) is 22.5 Å². The maximum Gasteiger partial charge on any atom is 0.271 e. The van der Waals surface area contributed by atoms with Crippen molar-refractivity contribution >= 4 is 28.9 Å². The third-order valence-electron chi connectivity index (χ3n) is 3.03. The Labute approximate surface area is 122 Å². The molecule has 0 aliphatic carbocycles. The Bertz CT molecular complexity index is 521. The van der Waals surface area contributed by atoms with Crippen molar-refractivity contribution in [2.75, 3.05) is 18.9 Å². The van der Waals surface area contributed by atoms with Crippen molar-refractivity contribution in [3.05, 3.63) is 32.8 Å². The van der Waals surface area contributed by atoms with E-state index in [4.69, 9.17) is 11.6 Å². The fourth-order valence-corrected chi connectivity index (χ4v) is 2.11. The summed E-state index contributed by atoms with van der Waals surface area (Å²) in [5.74, 6) is -0.0966. The predicted molar refractivity (Wildman–Crippen MR) is 79.2 cm³/mol. The fourth-order valence-electron chi connectivity index (χ4n) is 1.78. The van der Waals surface area contributed by atoms with Crippen LogP contribution in [0.15, 0.2) is 12.1 Å². The standard InChI is InChI=1S/C13H18ClN3O3/c1-8-5-9(17(19)20)6-10(14)11(8)16-7-13(2,3)12(18)15-4/h5-6,16H,7H2,1-4H3,(H,15,18). The molecule has 1 aromatic rings. The number of amides is 1. The van der Waals surface area contributed by atoms with Crippen molar-refractivity contribution < 1.29 is 9.72 Å². The monoisotopic (exact) mass is 299 g/mol. The van der Waals surface area contributed by atoms with E-state index < -0.39 is 10.3 Å². The summed E-state index contributed by atoms with van der Waals surface area (Å²) in [5.41, 5.74) is 0.599. The molecule has 0 spiro atoms. The number of anilines is 1. The average Bonchev–Trinajstić information content (AvgIpc) is 2.36. The Balaban J connectivity index is 2.94. The van der Waals surface area contributed by atoms with Gasteiger partial charge in [0, 0.05) is 25.7 Å². The highest BCUT2D eigenvalue weighted by Gasteiger charge is 2.27. The summed E-state index contributed by atoms with van der Waals surface area (Å²) < 4.78 is 0. The highest BCUT2D eigenvalue weighted by molar-refractivity contribution is 6.33. The molecule has 0 bridgehead atoms. The molecule has 110 valence electrons. The van der Waals surface area contributed by atoms with Crippen molar-refractivity contribution in [3.8, 4) is 0 Å². The number of aryl methyl sites for hydroxylation is 1. The Kier molecular flexibility index (Phi) is 4.94. The molecular formula is C13H18ClN3O3. The minimum Gasteiger partial charge on any atom is -0.383 e. The molecule has 2 N–H and O–H groups in total. The van der Waals surface area contributed by atoms with E-state index in [-0.39, 0.29) is 16.6 Å². The quantitative estimate of drug-likeness (QED) is 0.647. The molecule has 0 radical (unpaired) electrons. The Hall–Kier alpha value is -1.82. The zero-order chi connectivity index (χ0) is 15.5. The highest BCUT2D eigenvalue weighted by Crippen LogP contribution is 2.31. The summed E-state index contributed by atoms with van der Waals surface area (Å²) >= 11 is 6.05. The zero-order valence-corrected chi connectivity index (χ0v) is 12.7. The van der Waals surface area contributed by atoms with E-state index >= 15 is 0 Å². The summed E-state index contributed by atoms with van der Waals surface area (Å²) in [6.45, 7) is 5.69. The summed E-state index contributed by atoms with van der Waals surface area (Å²) in [6, 6.07) is 2.74. The van der Waals surface area contributed by atoms with Crippen LogP contribution in [-0.4, -0.2) is 24.4 Å². The van der Waals surface area contributed by atoms with Crippen LogP contribution in [0.4, 0.5) is 11.4 Å². The molecule has 0 aromatic heterocycles. The lowest BCUT2D eigenvalue weighted by molar-refractivity contribution is -0.384. The predicted octanol–water partition coefficient (Wildman–Crippen LogP) is 2.74. The van der Waals surface area contributed by atoms with Crippen molar-refractivity contribution in [3.63, 3.8) is 0 Å². The van der Waals surface area contributed by atoms with Gasteiger partial charge in [0.05, 0.1) is 21.0 Å². The van der Waals surface area contributed by atoms with Gasteiger partial charge in [0.2, 0.25) is 5.91 Å². The Morgan fingerprint density at radius 2 is 2.05 bits per heavy atom. The van der Waals surface area contributed by atoms with E-state index in [1.807, 2.05) is 0 Å². The molecule has 1 rings (SSSR count). The molecule has 0 unspecified atom stereocenters. The fraction of sp³-hybridized carbons (Fsp3) is 0.462. The van der Waals surface area contributed by atoms with Crippen LogP contribution >= 0.6 is 11.6 Å². The lowest BCUT2D eigenvalue weighted by Crippen LogP contribution is -2.39. The molecule has 1 aromatic carbocycles. The molecule has 7 heteroatoms. The number of hydrogen-bond acceptors (Lipinski definition) is 4. The molecule has 0 aliphatic rings. The van der Waals surface area contributed by atoms with Gasteiger partial charge >= 0.3 is 0 Å². The van der Waals surface area contributed by atoms with E-state index in [9.17, 15) is 14.9 Å². The molecule has 0 heterocycles. The SMILES string of the molecule is CNC(=O)C(C)(C)CNc1c(C)cc([N+](=O)[O-])cc1Cl. The zero-order valence-electron chi connectivity index (χ0n) is 11.9. The molecule has 0 fully saturated rings. The van der Waals surface area contributed by atoms with Gasteiger partial charge in [-0.3, -0.25) is 14.9 Å². The van der Waals surface area contributed by atoms with Gasteiger partial charge < -0.3 is 10.6 Å². The summed E-state index contributed by atoms with van der Waals surface area (Å²) in [7, 11) is 1.58. The molecule has 1 amide bonds. The molecule has 0 saturated carbocycles. The van der Waals surface area contributed by atoms with Crippen molar-refractivity contribution in [1.29, 1.82) is 0 Å². The number of hydrogen-bond donors (Lipinski definition) is 2. The van der Waals surface area contributed by atoms with Gasteiger partial charge in [0.15, 0.2) is 0 Å². The largest absolute Gasteiger partial charge is 0.383 e. The number of carbonyl (C=O) groups is 1. The van der Waals surface area contributed by atoms with Crippen molar-refractivity contribution in [1.82, 2.24) is 5.32 Å². The normalized spacial score (nSPS) is 11.1. The Morgan fingerprint density at radius 3 is 2.50 bits per heavy atom. The molecule has 0 atom stereocenters. The minimum absolute atomic E-state index is 0.0522. The van der Waals surface area contributed by atoms with Gasteiger partial charge in [-0.25, -0.2) is 0 Å². The molecule has 20 heavy (non-hydrogen) atoms. The highest BCUT2D eigenvalue weighted by atomic mass is 35.5. The van der Waals surface area contributed by atoms with Crippen LogP contribution in [0.5, 0.6) is 0 Å². The van der Waals surface area contributed by atoms with E-state index in [2.05, 4.69) is 10.6 Å². The number of halogens is 1. The first-order valence-electron chi connectivity index (χ1n) is 6.09. The number of carbonyl (C=O) groups excluding carboxylic acids is 1.